The van der Waals surface area contributed by atoms with Crippen LogP contribution in [0.4, 0.5) is 10.6 Å². The molecule has 0 aliphatic heterocycles. The molecule has 47 heavy (non-hydrogen) atoms. The molecule has 1 unspecified atom stereocenters. The van der Waals surface area contributed by atoms with E-state index in [4.69, 9.17) is 9.47 Å². The minimum Gasteiger partial charge on any atom is -0.444 e. The number of carbonyl (C=O) groups excluding carboxylic acids is 4. The van der Waals surface area contributed by atoms with Crippen LogP contribution in [-0.4, -0.2) is 75.2 Å². The Kier molecular flexibility index (Phi) is 13.8. The highest BCUT2D eigenvalue weighted by molar-refractivity contribution is 7.99. The van der Waals surface area contributed by atoms with Gasteiger partial charge in [-0.05, 0) is 51.5 Å². The van der Waals surface area contributed by atoms with Crippen LogP contribution in [0.1, 0.15) is 58.7 Å². The van der Waals surface area contributed by atoms with Gasteiger partial charge in [-0.2, -0.15) is 11.8 Å². The van der Waals surface area contributed by atoms with Crippen molar-refractivity contribution in [1.29, 1.82) is 0 Å². The maximum absolute atomic E-state index is 13.6. The molecule has 4 N–H and O–H groups in total. The lowest BCUT2D eigenvalue weighted by Crippen LogP contribution is -2.59. The van der Waals surface area contributed by atoms with Gasteiger partial charge in [-0.25, -0.2) is 9.78 Å². The summed E-state index contributed by atoms with van der Waals surface area (Å²) < 4.78 is 12.7. The zero-order valence-corrected chi connectivity index (χ0v) is 28.7. The van der Waals surface area contributed by atoms with Crippen LogP contribution in [0.3, 0.4) is 0 Å². The van der Waals surface area contributed by atoms with Crippen LogP contribution >= 0.6 is 11.8 Å². The van der Waals surface area contributed by atoms with Gasteiger partial charge in [-0.3, -0.25) is 14.4 Å². The number of thioether (sulfide) groups is 1. The molecule has 0 saturated carbocycles. The summed E-state index contributed by atoms with van der Waals surface area (Å²) in [7, 11) is 0. The van der Waals surface area contributed by atoms with E-state index >= 15 is 0 Å². The molecule has 3 rings (SSSR count). The molecule has 0 fully saturated rings. The van der Waals surface area contributed by atoms with Gasteiger partial charge in [0.2, 0.25) is 11.8 Å². The average molecular weight is 667 g/mol. The number of hydrogen-bond acceptors (Lipinski definition) is 8. The van der Waals surface area contributed by atoms with Gasteiger partial charge in [0.15, 0.2) is 5.82 Å². The molecule has 2 atom stereocenters. The summed E-state index contributed by atoms with van der Waals surface area (Å²) in [6, 6.07) is 16.8. The van der Waals surface area contributed by atoms with Crippen molar-refractivity contribution in [3.05, 3.63) is 84.3 Å². The quantitative estimate of drug-likeness (QED) is 0.165. The fraction of sp³-hybridized carbons (Fsp3) is 0.441. The normalized spacial score (nSPS) is 12.8. The summed E-state index contributed by atoms with van der Waals surface area (Å²) in [6.45, 7) is 10.8. The highest BCUT2D eigenvalue weighted by Gasteiger charge is 2.35. The number of nitrogens with one attached hydrogen (secondary N) is 4. The van der Waals surface area contributed by atoms with Gasteiger partial charge < -0.3 is 35.3 Å². The highest BCUT2D eigenvalue weighted by atomic mass is 32.2. The summed E-state index contributed by atoms with van der Waals surface area (Å²) in [5, 5.41) is 11.0. The van der Waals surface area contributed by atoms with Crippen LogP contribution < -0.4 is 21.3 Å². The number of carbonyl (C=O) groups is 4. The van der Waals surface area contributed by atoms with Crippen LogP contribution in [0, 0.1) is 0 Å². The number of imidazole rings is 1. The Hall–Kier alpha value is -4.36. The molecule has 0 saturated heterocycles. The van der Waals surface area contributed by atoms with Gasteiger partial charge in [0.05, 0.1) is 19.5 Å². The van der Waals surface area contributed by atoms with Gasteiger partial charge in [0, 0.05) is 18.5 Å². The topological polar surface area (TPSA) is 153 Å². The van der Waals surface area contributed by atoms with Crippen molar-refractivity contribution in [2.24, 2.45) is 0 Å². The van der Waals surface area contributed by atoms with E-state index in [1.54, 1.807) is 43.3 Å². The molecule has 3 aromatic rings. The second kappa shape index (κ2) is 17.5. The van der Waals surface area contributed by atoms with Crippen molar-refractivity contribution in [2.75, 3.05) is 30.0 Å². The zero-order valence-electron chi connectivity index (χ0n) is 27.9. The van der Waals surface area contributed by atoms with Crippen molar-refractivity contribution in [1.82, 2.24) is 25.5 Å². The number of hydrogen-bond donors (Lipinski definition) is 4. The van der Waals surface area contributed by atoms with Crippen molar-refractivity contribution in [3.8, 4) is 0 Å². The van der Waals surface area contributed by atoms with E-state index in [1.807, 2.05) is 60.7 Å². The Balaban J connectivity index is 1.76. The van der Waals surface area contributed by atoms with E-state index in [0.717, 1.165) is 22.6 Å². The monoisotopic (exact) mass is 666 g/mol. The van der Waals surface area contributed by atoms with E-state index in [-0.39, 0.29) is 24.9 Å². The fourth-order valence-corrected chi connectivity index (χ4v) is 4.88. The average Bonchev–Trinajstić information content (AvgIpc) is 3.46. The fourth-order valence-electron chi connectivity index (χ4n) is 4.34. The second-order valence-electron chi connectivity index (χ2n) is 12.3. The third-order valence-corrected chi connectivity index (χ3v) is 7.56. The van der Waals surface area contributed by atoms with Crippen molar-refractivity contribution < 1.29 is 28.7 Å². The largest absolute Gasteiger partial charge is 0.444 e. The van der Waals surface area contributed by atoms with E-state index in [2.05, 4.69) is 33.2 Å². The predicted octanol–water partition coefficient (Wildman–Crippen LogP) is 4.29. The lowest BCUT2D eigenvalue weighted by atomic mass is 10.0. The number of rotatable bonds is 16. The molecule has 13 heteroatoms. The first kappa shape index (κ1) is 37.1. The first-order chi connectivity index (χ1) is 22.3. The first-order valence-corrected chi connectivity index (χ1v) is 16.6. The molecule has 0 spiro atoms. The Labute approximate surface area is 280 Å². The Morgan fingerprint density at radius 1 is 0.936 bits per heavy atom. The second-order valence-corrected chi connectivity index (χ2v) is 13.7. The van der Waals surface area contributed by atoms with Crippen LogP contribution in [0.2, 0.25) is 0 Å². The number of aromatic nitrogens is 2. The molecule has 0 aliphatic carbocycles. The van der Waals surface area contributed by atoms with Gasteiger partial charge in [0.1, 0.15) is 23.2 Å². The Bertz CT molecular complexity index is 1460. The van der Waals surface area contributed by atoms with Crippen LogP contribution in [0.5, 0.6) is 0 Å². The van der Waals surface area contributed by atoms with Crippen molar-refractivity contribution >= 4 is 41.4 Å². The molecule has 0 radical (unpaired) electrons. The van der Waals surface area contributed by atoms with E-state index < -0.39 is 41.1 Å². The van der Waals surface area contributed by atoms with Crippen LogP contribution in [-0.2, 0) is 30.5 Å². The number of ether oxygens (including phenoxy) is 2. The Morgan fingerprint density at radius 3 is 2.23 bits per heavy atom. The van der Waals surface area contributed by atoms with Gasteiger partial charge in [-0.15, -0.1) is 0 Å². The third-order valence-electron chi connectivity index (χ3n) is 6.66. The van der Waals surface area contributed by atoms with Gasteiger partial charge in [-0.1, -0.05) is 67.6 Å². The molecule has 0 aliphatic rings. The number of anilines is 1. The highest BCUT2D eigenvalue weighted by Crippen LogP contribution is 2.21. The molecular formula is C34H46N6O6S. The molecule has 0 bridgehead atoms. The number of benzene rings is 2. The molecular weight excluding hydrogens is 620 g/mol. The van der Waals surface area contributed by atoms with E-state index in [9.17, 15) is 19.2 Å². The molecule has 12 nitrogen and oxygen atoms in total. The standard InChI is InChI=1S/C34H46N6O6S/c1-7-47-19-18-35-30(42)28(25-16-12-9-13-17-25)40-20-27(36-23-40)38-29(41)26(22-45-21-24-14-10-8-11-15-24)37-31(43)34(5,6)39-32(44)46-33(2,3)4/h8-17,20,23,26,28H,7,18-19,21-22H2,1-6H3,(H,35,42)(H,37,43)(H,38,41)(H,39,44)/t26-,28?/m1/s1. The third kappa shape index (κ3) is 12.4. The zero-order chi connectivity index (χ0) is 34.5. The molecule has 4 amide bonds. The number of amides is 4. The molecule has 2 aromatic carbocycles. The summed E-state index contributed by atoms with van der Waals surface area (Å²) in [4.78, 5) is 56.9. The summed E-state index contributed by atoms with van der Waals surface area (Å²) in [6.07, 6.45) is 2.26. The van der Waals surface area contributed by atoms with E-state index in [0.29, 0.717) is 6.54 Å². The minimum atomic E-state index is -1.42. The SMILES string of the molecule is CCSCCNC(=O)C(c1ccccc1)n1cnc(NC(=O)[C@@H](COCc2ccccc2)NC(=O)C(C)(C)NC(=O)OC(C)(C)C)c1. The van der Waals surface area contributed by atoms with Crippen molar-refractivity contribution in [2.45, 2.75) is 71.4 Å². The minimum absolute atomic E-state index is 0.166. The summed E-state index contributed by atoms with van der Waals surface area (Å²) in [5.74, 6) is 0.500. The lowest BCUT2D eigenvalue weighted by Gasteiger charge is -2.29. The predicted molar refractivity (Wildman–Crippen MR) is 183 cm³/mol. The lowest BCUT2D eigenvalue weighted by molar-refractivity contribution is -0.131. The first-order valence-electron chi connectivity index (χ1n) is 15.5. The van der Waals surface area contributed by atoms with Crippen LogP contribution in [0.25, 0.3) is 0 Å². The summed E-state index contributed by atoms with van der Waals surface area (Å²) in [5.41, 5.74) is -0.541. The smallest absolute Gasteiger partial charge is 0.408 e. The van der Waals surface area contributed by atoms with Crippen LogP contribution in [0.15, 0.2) is 73.2 Å². The number of alkyl carbamates (subject to hydrolysis) is 1. The van der Waals surface area contributed by atoms with Gasteiger partial charge in [0.25, 0.3) is 5.91 Å². The molecule has 254 valence electrons. The van der Waals surface area contributed by atoms with E-state index in [1.165, 1.54) is 20.2 Å². The Morgan fingerprint density at radius 2 is 1.60 bits per heavy atom. The molecule has 1 aromatic heterocycles. The van der Waals surface area contributed by atoms with Crippen molar-refractivity contribution in [3.63, 3.8) is 0 Å². The number of nitrogens with zero attached hydrogens (tertiary/aromatic N) is 2. The summed E-state index contributed by atoms with van der Waals surface area (Å²) >= 11 is 1.73. The molecule has 1 heterocycles. The maximum Gasteiger partial charge on any atom is 0.408 e. The van der Waals surface area contributed by atoms with Gasteiger partial charge >= 0.3 is 6.09 Å². The maximum atomic E-state index is 13.6.